The molecule has 0 aliphatic rings. The summed E-state index contributed by atoms with van der Waals surface area (Å²) >= 11 is 5.87. The van der Waals surface area contributed by atoms with Gasteiger partial charge in [-0.15, -0.1) is 0 Å². The highest BCUT2D eigenvalue weighted by atomic mass is 35.5. The second-order valence-corrected chi connectivity index (χ2v) is 5.83. The minimum atomic E-state index is -0.403. The lowest BCUT2D eigenvalue weighted by atomic mass is 10.2. The summed E-state index contributed by atoms with van der Waals surface area (Å²) in [6.07, 6.45) is 0. The summed E-state index contributed by atoms with van der Waals surface area (Å²) in [6, 6.07) is 11.8. The van der Waals surface area contributed by atoms with Gasteiger partial charge < -0.3 is 14.8 Å². The molecule has 0 fully saturated rings. The van der Waals surface area contributed by atoms with E-state index in [9.17, 15) is 9.59 Å². The molecule has 27 heavy (non-hydrogen) atoms. The number of hydrazine groups is 1. The molecule has 7 nitrogen and oxygen atoms in total. The average Bonchev–Trinajstić information content (AvgIpc) is 2.66. The van der Waals surface area contributed by atoms with Gasteiger partial charge in [0, 0.05) is 10.6 Å². The summed E-state index contributed by atoms with van der Waals surface area (Å²) in [5, 5.41) is 3.10. The van der Waals surface area contributed by atoms with Crippen molar-refractivity contribution in [3.05, 3.63) is 53.1 Å². The quantitative estimate of drug-likeness (QED) is 0.572. The Hall–Kier alpha value is -2.93. The van der Waals surface area contributed by atoms with E-state index in [0.29, 0.717) is 41.0 Å². The maximum atomic E-state index is 12.3. The van der Waals surface area contributed by atoms with Crippen molar-refractivity contribution in [1.82, 2.24) is 10.7 Å². The van der Waals surface area contributed by atoms with Crippen LogP contribution >= 0.6 is 11.6 Å². The molecule has 0 radical (unpaired) electrons. The van der Waals surface area contributed by atoms with E-state index in [2.05, 4.69) is 16.2 Å². The minimum absolute atomic E-state index is 0.191. The first-order valence-corrected chi connectivity index (χ1v) is 8.89. The number of halogens is 1. The Morgan fingerprint density at radius 3 is 2.44 bits per heavy atom. The number of hydrogen-bond acceptors (Lipinski definition) is 5. The highest BCUT2D eigenvalue weighted by Crippen LogP contribution is 2.28. The molecule has 3 N–H and O–H groups in total. The molecule has 0 aromatic heterocycles. The van der Waals surface area contributed by atoms with Crippen molar-refractivity contribution in [3.8, 4) is 11.5 Å². The van der Waals surface area contributed by atoms with Crippen LogP contribution in [-0.2, 0) is 4.79 Å². The Balaban J connectivity index is 1.88. The van der Waals surface area contributed by atoms with Gasteiger partial charge in [-0.05, 0) is 50.2 Å². The highest BCUT2D eigenvalue weighted by Gasteiger charge is 2.12. The number of nitrogens with one attached hydrogen (secondary N) is 3. The molecule has 2 aromatic rings. The highest BCUT2D eigenvalue weighted by molar-refractivity contribution is 6.30. The van der Waals surface area contributed by atoms with Crippen LogP contribution in [0.3, 0.4) is 0 Å². The maximum absolute atomic E-state index is 12.3. The van der Waals surface area contributed by atoms with Crippen LogP contribution in [0.15, 0.2) is 42.5 Å². The van der Waals surface area contributed by atoms with E-state index < -0.39 is 11.8 Å². The SMILES string of the molecule is CCOc1ccc(C(=O)NCC(=O)NNc2cccc(Cl)c2)cc1OCC. The number of benzene rings is 2. The largest absolute Gasteiger partial charge is 0.490 e. The van der Waals surface area contributed by atoms with Gasteiger partial charge in [-0.1, -0.05) is 17.7 Å². The summed E-state index contributed by atoms with van der Waals surface area (Å²) < 4.78 is 11.0. The van der Waals surface area contributed by atoms with Crippen molar-refractivity contribution in [1.29, 1.82) is 0 Å². The number of hydrogen-bond donors (Lipinski definition) is 3. The monoisotopic (exact) mass is 391 g/mol. The van der Waals surface area contributed by atoms with Gasteiger partial charge in [-0.2, -0.15) is 0 Å². The number of anilines is 1. The van der Waals surface area contributed by atoms with Gasteiger partial charge in [0.25, 0.3) is 11.8 Å². The van der Waals surface area contributed by atoms with Crippen molar-refractivity contribution in [2.24, 2.45) is 0 Å². The second-order valence-electron chi connectivity index (χ2n) is 5.39. The van der Waals surface area contributed by atoms with Gasteiger partial charge in [0.15, 0.2) is 11.5 Å². The third-order valence-electron chi connectivity index (χ3n) is 3.39. The van der Waals surface area contributed by atoms with E-state index in [0.717, 1.165) is 0 Å². The lowest BCUT2D eigenvalue weighted by Gasteiger charge is -2.13. The molecule has 2 rings (SSSR count). The fourth-order valence-corrected chi connectivity index (χ4v) is 2.40. The number of ether oxygens (including phenoxy) is 2. The summed E-state index contributed by atoms with van der Waals surface area (Å²) in [5.74, 6) is 0.259. The molecule has 0 heterocycles. The number of carbonyl (C=O) groups is 2. The topological polar surface area (TPSA) is 88.7 Å². The fourth-order valence-electron chi connectivity index (χ4n) is 2.21. The van der Waals surface area contributed by atoms with Crippen LogP contribution in [0.1, 0.15) is 24.2 Å². The standard InChI is InChI=1S/C19H22ClN3O4/c1-3-26-16-9-8-13(10-17(16)27-4-2)19(25)21-12-18(24)23-22-15-7-5-6-14(20)11-15/h5-11,22H,3-4,12H2,1-2H3,(H,21,25)(H,23,24). The fraction of sp³-hybridized carbons (Fsp3) is 0.263. The molecule has 0 aliphatic carbocycles. The Bertz CT molecular complexity index is 798. The Morgan fingerprint density at radius 2 is 1.74 bits per heavy atom. The predicted molar refractivity (Wildman–Crippen MR) is 104 cm³/mol. The molecule has 0 saturated heterocycles. The molecule has 0 unspecified atom stereocenters. The number of carbonyl (C=O) groups excluding carboxylic acids is 2. The Morgan fingerprint density at radius 1 is 1.00 bits per heavy atom. The van der Waals surface area contributed by atoms with Gasteiger partial charge in [0.2, 0.25) is 0 Å². The molecule has 2 amide bonds. The van der Waals surface area contributed by atoms with Crippen LogP contribution < -0.4 is 25.6 Å². The predicted octanol–water partition coefficient (Wildman–Crippen LogP) is 3.01. The Kier molecular flexibility index (Phi) is 7.76. The molecular formula is C19H22ClN3O4. The molecule has 144 valence electrons. The van der Waals surface area contributed by atoms with Crippen molar-refractivity contribution >= 4 is 29.1 Å². The second kappa shape index (κ2) is 10.3. The summed E-state index contributed by atoms with van der Waals surface area (Å²) in [6.45, 7) is 4.46. The number of amides is 2. The van der Waals surface area contributed by atoms with Crippen LogP contribution in [0.4, 0.5) is 5.69 Å². The first-order chi connectivity index (χ1) is 13.0. The van der Waals surface area contributed by atoms with E-state index in [1.54, 1.807) is 42.5 Å². The normalized spacial score (nSPS) is 10.0. The summed E-state index contributed by atoms with van der Waals surface area (Å²) in [7, 11) is 0. The summed E-state index contributed by atoms with van der Waals surface area (Å²) in [4.78, 5) is 24.1. The number of rotatable bonds is 9. The van der Waals surface area contributed by atoms with E-state index >= 15 is 0 Å². The molecule has 0 aliphatic heterocycles. The maximum Gasteiger partial charge on any atom is 0.257 e. The van der Waals surface area contributed by atoms with Crippen molar-refractivity contribution in [2.45, 2.75) is 13.8 Å². The van der Waals surface area contributed by atoms with E-state index in [1.807, 2.05) is 13.8 Å². The van der Waals surface area contributed by atoms with Gasteiger partial charge in [-0.25, -0.2) is 0 Å². The van der Waals surface area contributed by atoms with Gasteiger partial charge in [0.05, 0.1) is 25.4 Å². The van der Waals surface area contributed by atoms with Crippen LogP contribution in [0.2, 0.25) is 5.02 Å². The first-order valence-electron chi connectivity index (χ1n) is 8.51. The zero-order valence-corrected chi connectivity index (χ0v) is 15.9. The van der Waals surface area contributed by atoms with Gasteiger partial charge in [0.1, 0.15) is 0 Å². The van der Waals surface area contributed by atoms with Gasteiger partial charge >= 0.3 is 0 Å². The lowest BCUT2D eigenvalue weighted by Crippen LogP contribution is -2.39. The zero-order chi connectivity index (χ0) is 19.6. The molecule has 8 heteroatoms. The molecular weight excluding hydrogens is 370 g/mol. The molecule has 0 atom stereocenters. The third kappa shape index (κ3) is 6.38. The summed E-state index contributed by atoms with van der Waals surface area (Å²) in [5.41, 5.74) is 6.21. The van der Waals surface area contributed by atoms with E-state index in [4.69, 9.17) is 21.1 Å². The molecule has 0 saturated carbocycles. The van der Waals surface area contributed by atoms with Crippen LogP contribution in [0.25, 0.3) is 0 Å². The molecule has 2 aromatic carbocycles. The molecule has 0 bridgehead atoms. The van der Waals surface area contributed by atoms with E-state index in [1.165, 1.54) is 0 Å². The van der Waals surface area contributed by atoms with Crippen molar-refractivity contribution in [3.63, 3.8) is 0 Å². The van der Waals surface area contributed by atoms with Gasteiger partial charge in [-0.3, -0.25) is 20.4 Å². The van der Waals surface area contributed by atoms with Crippen LogP contribution in [0, 0.1) is 0 Å². The first kappa shape index (κ1) is 20.4. The zero-order valence-electron chi connectivity index (χ0n) is 15.2. The van der Waals surface area contributed by atoms with Crippen molar-refractivity contribution < 1.29 is 19.1 Å². The van der Waals surface area contributed by atoms with E-state index in [-0.39, 0.29) is 6.54 Å². The lowest BCUT2D eigenvalue weighted by molar-refractivity contribution is -0.119. The minimum Gasteiger partial charge on any atom is -0.490 e. The average molecular weight is 392 g/mol. The molecule has 0 spiro atoms. The van der Waals surface area contributed by atoms with Crippen molar-refractivity contribution in [2.75, 3.05) is 25.2 Å². The smallest absolute Gasteiger partial charge is 0.257 e. The van der Waals surface area contributed by atoms with Crippen LogP contribution in [-0.4, -0.2) is 31.6 Å². The third-order valence-corrected chi connectivity index (χ3v) is 3.62. The van der Waals surface area contributed by atoms with Crippen LogP contribution in [0.5, 0.6) is 11.5 Å². The Labute approximate surface area is 163 Å².